The first kappa shape index (κ1) is 14.8. The average molecular weight is 339 g/mol. The van der Waals surface area contributed by atoms with E-state index in [1.54, 1.807) is 12.1 Å². The third-order valence-corrected chi connectivity index (χ3v) is 3.71. The van der Waals surface area contributed by atoms with Gasteiger partial charge in [-0.2, -0.15) is 0 Å². The first-order valence-corrected chi connectivity index (χ1v) is 7.44. The van der Waals surface area contributed by atoms with Crippen molar-refractivity contribution in [3.8, 4) is 0 Å². The van der Waals surface area contributed by atoms with E-state index >= 15 is 0 Å². The largest absolute Gasteiger partial charge is 0.370 e. The number of guanidine groups is 1. The van der Waals surface area contributed by atoms with E-state index in [0.29, 0.717) is 30.7 Å². The molecule has 1 aromatic carbocycles. The number of rotatable bonds is 5. The molecule has 2 rings (SSSR count). The first-order chi connectivity index (χ1) is 9.58. The van der Waals surface area contributed by atoms with Crippen LogP contribution in [0.3, 0.4) is 0 Å². The fourth-order valence-electron chi connectivity index (χ4n) is 1.83. The van der Waals surface area contributed by atoms with Crippen LogP contribution in [0.4, 0.5) is 0 Å². The van der Waals surface area contributed by atoms with E-state index < -0.39 is 0 Å². The molecule has 1 aliphatic carbocycles. The zero-order valence-corrected chi connectivity index (χ0v) is 13.1. The number of benzene rings is 1. The number of carbonyl (C=O) groups excluding carboxylic acids is 1. The molecule has 0 saturated heterocycles. The van der Waals surface area contributed by atoms with Crippen molar-refractivity contribution in [1.82, 2.24) is 10.2 Å². The summed E-state index contributed by atoms with van der Waals surface area (Å²) in [4.78, 5) is 18.1. The minimum atomic E-state index is -0.101. The lowest BCUT2D eigenvalue weighted by molar-refractivity contribution is 0.0954. The highest BCUT2D eigenvalue weighted by molar-refractivity contribution is 9.10. The topological polar surface area (TPSA) is 70.7 Å². The lowest BCUT2D eigenvalue weighted by Gasteiger charge is -2.16. The van der Waals surface area contributed by atoms with E-state index in [1.165, 1.54) is 12.8 Å². The molecule has 0 heterocycles. The van der Waals surface area contributed by atoms with Gasteiger partial charge in [-0.25, -0.2) is 0 Å². The maximum absolute atomic E-state index is 11.9. The van der Waals surface area contributed by atoms with E-state index in [-0.39, 0.29) is 5.91 Å². The summed E-state index contributed by atoms with van der Waals surface area (Å²) >= 11 is 3.34. The van der Waals surface area contributed by atoms with Crippen LogP contribution in [-0.4, -0.2) is 42.9 Å². The molecule has 5 nitrogen and oxygen atoms in total. The van der Waals surface area contributed by atoms with E-state index in [0.717, 1.165) is 4.47 Å². The summed E-state index contributed by atoms with van der Waals surface area (Å²) in [7, 11) is 1.95. The highest BCUT2D eigenvalue weighted by Crippen LogP contribution is 2.24. The van der Waals surface area contributed by atoms with Crippen LogP contribution in [0, 0.1) is 0 Å². The van der Waals surface area contributed by atoms with Crippen LogP contribution in [-0.2, 0) is 0 Å². The Balaban J connectivity index is 1.75. The van der Waals surface area contributed by atoms with Gasteiger partial charge in [-0.05, 0) is 31.0 Å². The second-order valence-corrected chi connectivity index (χ2v) is 5.76. The third-order valence-electron chi connectivity index (χ3n) is 3.21. The van der Waals surface area contributed by atoms with E-state index in [1.807, 2.05) is 24.1 Å². The van der Waals surface area contributed by atoms with Gasteiger partial charge in [0.15, 0.2) is 5.96 Å². The van der Waals surface area contributed by atoms with Crippen LogP contribution in [0.25, 0.3) is 0 Å². The van der Waals surface area contributed by atoms with Crippen molar-refractivity contribution in [3.05, 3.63) is 34.3 Å². The molecule has 108 valence electrons. The zero-order chi connectivity index (χ0) is 14.5. The monoisotopic (exact) mass is 338 g/mol. The molecule has 0 aliphatic heterocycles. The molecule has 3 N–H and O–H groups in total. The molecule has 0 bridgehead atoms. The van der Waals surface area contributed by atoms with Crippen molar-refractivity contribution in [2.45, 2.75) is 18.9 Å². The lowest BCUT2D eigenvalue weighted by atomic mass is 10.2. The molecule has 1 aromatic rings. The average Bonchev–Trinajstić information content (AvgIpc) is 3.26. The van der Waals surface area contributed by atoms with Gasteiger partial charge in [0.05, 0.1) is 6.54 Å². The Bertz CT molecular complexity index is 514. The maximum Gasteiger partial charge on any atom is 0.251 e. The molecule has 1 saturated carbocycles. The van der Waals surface area contributed by atoms with Crippen LogP contribution < -0.4 is 11.1 Å². The number of aliphatic imine (C=N–C) groups is 1. The van der Waals surface area contributed by atoms with Crippen LogP contribution in [0.2, 0.25) is 0 Å². The molecular formula is C14H19BrN4O. The van der Waals surface area contributed by atoms with Crippen molar-refractivity contribution in [2.75, 3.05) is 20.1 Å². The van der Waals surface area contributed by atoms with Crippen LogP contribution in [0.5, 0.6) is 0 Å². The number of nitrogens with two attached hydrogens (primary N) is 1. The van der Waals surface area contributed by atoms with Gasteiger partial charge >= 0.3 is 0 Å². The van der Waals surface area contributed by atoms with Gasteiger partial charge in [-0.3, -0.25) is 9.79 Å². The predicted molar refractivity (Wildman–Crippen MR) is 83.7 cm³/mol. The van der Waals surface area contributed by atoms with E-state index in [2.05, 4.69) is 26.2 Å². The Morgan fingerprint density at radius 3 is 2.95 bits per heavy atom. The van der Waals surface area contributed by atoms with Crippen molar-refractivity contribution in [1.29, 1.82) is 0 Å². The van der Waals surface area contributed by atoms with Gasteiger partial charge in [0.25, 0.3) is 5.91 Å². The number of amides is 1. The Morgan fingerprint density at radius 1 is 1.55 bits per heavy atom. The number of hydrogen-bond donors (Lipinski definition) is 2. The molecule has 20 heavy (non-hydrogen) atoms. The number of nitrogens with one attached hydrogen (secondary N) is 1. The molecule has 0 aromatic heterocycles. The van der Waals surface area contributed by atoms with E-state index in [4.69, 9.17) is 5.73 Å². The van der Waals surface area contributed by atoms with Gasteiger partial charge in [-0.1, -0.05) is 22.0 Å². The van der Waals surface area contributed by atoms with Crippen LogP contribution >= 0.6 is 15.9 Å². The fraction of sp³-hybridized carbons (Fsp3) is 0.429. The number of carbonyl (C=O) groups is 1. The molecule has 0 atom stereocenters. The Hall–Kier alpha value is -1.56. The first-order valence-electron chi connectivity index (χ1n) is 6.64. The summed E-state index contributed by atoms with van der Waals surface area (Å²) in [5.41, 5.74) is 6.49. The lowest BCUT2D eigenvalue weighted by Crippen LogP contribution is -2.36. The van der Waals surface area contributed by atoms with Gasteiger partial charge < -0.3 is 16.0 Å². The normalized spacial score (nSPS) is 15.0. The number of halogens is 1. The number of hydrogen-bond acceptors (Lipinski definition) is 2. The second kappa shape index (κ2) is 6.74. The van der Waals surface area contributed by atoms with Gasteiger partial charge in [0.1, 0.15) is 0 Å². The quantitative estimate of drug-likeness (QED) is 0.486. The minimum absolute atomic E-state index is 0.101. The molecular weight excluding hydrogens is 320 g/mol. The van der Waals surface area contributed by atoms with E-state index in [9.17, 15) is 4.79 Å². The standard InChI is InChI=1S/C14H19BrN4O/c1-19(12-5-6-12)14(16)18-8-7-17-13(20)10-3-2-4-11(15)9-10/h2-4,9,12H,5-8H2,1H3,(H2,16,18)(H,17,20). The number of nitrogens with zero attached hydrogens (tertiary/aromatic N) is 2. The van der Waals surface area contributed by atoms with Gasteiger partial charge in [0, 0.05) is 29.7 Å². The Labute approximate surface area is 127 Å². The van der Waals surface area contributed by atoms with Crippen molar-refractivity contribution in [2.24, 2.45) is 10.7 Å². The molecule has 1 fully saturated rings. The van der Waals surface area contributed by atoms with Crippen LogP contribution in [0.15, 0.2) is 33.7 Å². The van der Waals surface area contributed by atoms with Gasteiger partial charge in [-0.15, -0.1) is 0 Å². The molecule has 0 radical (unpaired) electrons. The zero-order valence-electron chi connectivity index (χ0n) is 11.5. The summed E-state index contributed by atoms with van der Waals surface area (Å²) in [5, 5.41) is 2.82. The summed E-state index contributed by atoms with van der Waals surface area (Å²) in [6.45, 7) is 0.965. The fourth-order valence-corrected chi connectivity index (χ4v) is 2.23. The second-order valence-electron chi connectivity index (χ2n) is 4.85. The maximum atomic E-state index is 11.9. The molecule has 1 aliphatic rings. The van der Waals surface area contributed by atoms with Crippen molar-refractivity contribution < 1.29 is 4.79 Å². The Morgan fingerprint density at radius 2 is 2.30 bits per heavy atom. The van der Waals surface area contributed by atoms with Crippen molar-refractivity contribution >= 4 is 27.8 Å². The third kappa shape index (κ3) is 4.23. The highest BCUT2D eigenvalue weighted by Gasteiger charge is 2.27. The highest BCUT2D eigenvalue weighted by atomic mass is 79.9. The molecule has 6 heteroatoms. The summed E-state index contributed by atoms with van der Waals surface area (Å²) in [6.07, 6.45) is 2.37. The summed E-state index contributed by atoms with van der Waals surface area (Å²) in [5.74, 6) is 0.444. The Kier molecular flexibility index (Phi) is 5.00. The molecule has 1 amide bonds. The van der Waals surface area contributed by atoms with Crippen LogP contribution in [0.1, 0.15) is 23.2 Å². The predicted octanol–water partition coefficient (Wildman–Crippen LogP) is 1.59. The summed E-state index contributed by atoms with van der Waals surface area (Å²) in [6, 6.07) is 7.83. The van der Waals surface area contributed by atoms with Crippen molar-refractivity contribution in [3.63, 3.8) is 0 Å². The minimum Gasteiger partial charge on any atom is -0.370 e. The molecule has 0 unspecified atom stereocenters. The smallest absolute Gasteiger partial charge is 0.251 e. The SMILES string of the molecule is CN(C(N)=NCCNC(=O)c1cccc(Br)c1)C1CC1. The van der Waals surface area contributed by atoms with Gasteiger partial charge in [0.2, 0.25) is 0 Å². The summed E-state index contributed by atoms with van der Waals surface area (Å²) < 4.78 is 0.887. The molecule has 0 spiro atoms.